The van der Waals surface area contributed by atoms with Crippen LogP contribution < -0.4 is 14.4 Å². The summed E-state index contributed by atoms with van der Waals surface area (Å²) in [7, 11) is 0. The van der Waals surface area contributed by atoms with Gasteiger partial charge in [-0.05, 0) is 43.7 Å². The van der Waals surface area contributed by atoms with Gasteiger partial charge in [0.15, 0.2) is 6.61 Å². The molecule has 0 fully saturated rings. The monoisotopic (exact) mass is 297 g/mol. The number of ether oxygens (including phenoxy) is 2. The molecule has 22 heavy (non-hydrogen) atoms. The lowest BCUT2D eigenvalue weighted by molar-refractivity contribution is -0.121. The van der Waals surface area contributed by atoms with Crippen LogP contribution in [0.3, 0.4) is 0 Å². The molecule has 0 spiro atoms. The largest absolute Gasteiger partial charge is 0.489 e. The molecule has 0 radical (unpaired) electrons. The quantitative estimate of drug-likeness (QED) is 0.873. The minimum Gasteiger partial charge on any atom is -0.489 e. The number of carbonyl (C=O) groups is 1. The summed E-state index contributed by atoms with van der Waals surface area (Å²) in [5.74, 6) is 1.38. The van der Waals surface area contributed by atoms with Crippen LogP contribution in [0.4, 0.5) is 5.69 Å². The molecule has 0 aromatic heterocycles. The van der Waals surface area contributed by atoms with Gasteiger partial charge in [-0.1, -0.05) is 24.3 Å². The Hall–Kier alpha value is -2.49. The van der Waals surface area contributed by atoms with E-state index in [4.69, 9.17) is 9.47 Å². The van der Waals surface area contributed by atoms with Crippen LogP contribution in [0.25, 0.3) is 0 Å². The number of rotatable bonds is 3. The number of amides is 1. The number of fused-ring (bicyclic) bond motifs is 1. The number of hydrogen-bond donors (Lipinski definition) is 0. The predicted molar refractivity (Wildman–Crippen MR) is 85.6 cm³/mol. The van der Waals surface area contributed by atoms with Crippen LogP contribution in [0, 0.1) is 6.92 Å². The third-order valence-electron chi connectivity index (χ3n) is 3.67. The van der Waals surface area contributed by atoms with Gasteiger partial charge in [0.25, 0.3) is 5.91 Å². The van der Waals surface area contributed by atoms with Crippen LogP contribution in [0.1, 0.15) is 12.5 Å². The first-order valence-corrected chi connectivity index (χ1v) is 7.38. The molecule has 1 heterocycles. The van der Waals surface area contributed by atoms with Gasteiger partial charge in [0.1, 0.15) is 18.1 Å². The average molecular weight is 297 g/mol. The van der Waals surface area contributed by atoms with E-state index >= 15 is 0 Å². The maximum absolute atomic E-state index is 12.6. The third kappa shape index (κ3) is 2.91. The average Bonchev–Trinajstić information content (AvgIpc) is 2.53. The third-order valence-corrected chi connectivity index (χ3v) is 3.67. The van der Waals surface area contributed by atoms with E-state index in [1.54, 1.807) is 4.90 Å². The Kier molecular flexibility index (Phi) is 4.00. The summed E-state index contributed by atoms with van der Waals surface area (Å²) in [5, 5.41) is 0. The topological polar surface area (TPSA) is 38.8 Å². The highest BCUT2D eigenvalue weighted by Crippen LogP contribution is 2.34. The zero-order valence-electron chi connectivity index (χ0n) is 12.8. The van der Waals surface area contributed by atoms with E-state index < -0.39 is 0 Å². The fourth-order valence-corrected chi connectivity index (χ4v) is 2.57. The Morgan fingerprint density at radius 1 is 1.27 bits per heavy atom. The SMILES string of the molecule is Cc1ccc2c(c1)N(C(=O)COc1ccccc1)C(C)CO2. The van der Waals surface area contributed by atoms with Gasteiger partial charge in [-0.2, -0.15) is 0 Å². The molecule has 0 saturated carbocycles. The summed E-state index contributed by atoms with van der Waals surface area (Å²) in [5.41, 5.74) is 1.92. The van der Waals surface area contributed by atoms with Crippen LogP contribution >= 0.6 is 0 Å². The van der Waals surface area contributed by atoms with E-state index in [-0.39, 0.29) is 18.6 Å². The lowest BCUT2D eigenvalue weighted by Gasteiger charge is -2.35. The molecule has 1 aliphatic rings. The van der Waals surface area contributed by atoms with Crippen molar-refractivity contribution < 1.29 is 14.3 Å². The number of para-hydroxylation sites is 1. The summed E-state index contributed by atoms with van der Waals surface area (Å²) < 4.78 is 11.3. The van der Waals surface area contributed by atoms with Crippen molar-refractivity contribution in [2.24, 2.45) is 0 Å². The Bertz CT molecular complexity index is 669. The number of benzene rings is 2. The van der Waals surface area contributed by atoms with Gasteiger partial charge in [-0.15, -0.1) is 0 Å². The molecule has 4 heteroatoms. The summed E-state index contributed by atoms with van der Waals surface area (Å²) in [6.07, 6.45) is 0. The number of carbonyl (C=O) groups excluding carboxylic acids is 1. The number of anilines is 1. The first-order valence-electron chi connectivity index (χ1n) is 7.38. The van der Waals surface area contributed by atoms with E-state index in [9.17, 15) is 4.79 Å². The van der Waals surface area contributed by atoms with Crippen molar-refractivity contribution in [2.45, 2.75) is 19.9 Å². The van der Waals surface area contributed by atoms with Crippen molar-refractivity contribution in [1.29, 1.82) is 0 Å². The molecule has 4 nitrogen and oxygen atoms in total. The molecule has 1 amide bonds. The van der Waals surface area contributed by atoms with Crippen molar-refractivity contribution in [3.63, 3.8) is 0 Å². The van der Waals surface area contributed by atoms with Crippen molar-refractivity contribution in [3.05, 3.63) is 54.1 Å². The van der Waals surface area contributed by atoms with Crippen molar-refractivity contribution in [3.8, 4) is 11.5 Å². The van der Waals surface area contributed by atoms with E-state index in [0.717, 1.165) is 17.0 Å². The van der Waals surface area contributed by atoms with Gasteiger partial charge in [-0.3, -0.25) is 9.69 Å². The lowest BCUT2D eigenvalue weighted by atomic mass is 10.1. The first kappa shape index (κ1) is 14.4. The zero-order chi connectivity index (χ0) is 15.5. The molecule has 3 rings (SSSR count). The number of aryl methyl sites for hydroxylation is 1. The molecule has 0 bridgehead atoms. The fourth-order valence-electron chi connectivity index (χ4n) is 2.57. The summed E-state index contributed by atoms with van der Waals surface area (Å²) in [6, 6.07) is 15.2. The van der Waals surface area contributed by atoms with Crippen LogP contribution in [0.2, 0.25) is 0 Å². The molecule has 1 atom stereocenters. The molecule has 1 aliphatic heterocycles. The second-order valence-corrected chi connectivity index (χ2v) is 5.50. The molecule has 1 unspecified atom stereocenters. The van der Waals surface area contributed by atoms with Gasteiger partial charge in [0.2, 0.25) is 0 Å². The van der Waals surface area contributed by atoms with Crippen LogP contribution in [0.15, 0.2) is 48.5 Å². The molecule has 0 N–H and O–H groups in total. The maximum atomic E-state index is 12.6. The molecule has 0 aliphatic carbocycles. The van der Waals surface area contributed by atoms with Gasteiger partial charge in [0.05, 0.1) is 11.7 Å². The Labute approximate surface area is 130 Å². The van der Waals surface area contributed by atoms with E-state index in [1.807, 2.05) is 62.4 Å². The Morgan fingerprint density at radius 2 is 2.05 bits per heavy atom. The highest BCUT2D eigenvalue weighted by Gasteiger charge is 2.29. The standard InChI is InChI=1S/C18H19NO3/c1-13-8-9-17-16(10-13)19(14(2)11-22-17)18(20)12-21-15-6-4-3-5-7-15/h3-10,14H,11-12H2,1-2H3. The normalized spacial score (nSPS) is 16.6. The first-order chi connectivity index (χ1) is 10.6. The van der Waals surface area contributed by atoms with Crippen LogP contribution in [-0.2, 0) is 4.79 Å². The van der Waals surface area contributed by atoms with Crippen molar-refractivity contribution in [1.82, 2.24) is 0 Å². The molecular formula is C18H19NO3. The highest BCUT2D eigenvalue weighted by molar-refractivity contribution is 5.97. The molecule has 2 aromatic rings. The maximum Gasteiger partial charge on any atom is 0.265 e. The smallest absolute Gasteiger partial charge is 0.265 e. The zero-order valence-corrected chi connectivity index (χ0v) is 12.8. The fraction of sp³-hybridized carbons (Fsp3) is 0.278. The molecule has 0 saturated heterocycles. The second-order valence-electron chi connectivity index (χ2n) is 5.50. The van der Waals surface area contributed by atoms with E-state index in [2.05, 4.69) is 0 Å². The highest BCUT2D eigenvalue weighted by atomic mass is 16.5. The van der Waals surface area contributed by atoms with E-state index in [1.165, 1.54) is 0 Å². The van der Waals surface area contributed by atoms with Crippen molar-refractivity contribution >= 4 is 11.6 Å². The summed E-state index contributed by atoms with van der Waals surface area (Å²) >= 11 is 0. The minimum absolute atomic E-state index is 0.0128. The predicted octanol–water partition coefficient (Wildman–Crippen LogP) is 3.19. The van der Waals surface area contributed by atoms with E-state index in [0.29, 0.717) is 12.4 Å². The van der Waals surface area contributed by atoms with Gasteiger partial charge in [0, 0.05) is 0 Å². The minimum atomic E-state index is -0.0634. The Morgan fingerprint density at radius 3 is 2.82 bits per heavy atom. The van der Waals surface area contributed by atoms with Crippen molar-refractivity contribution in [2.75, 3.05) is 18.1 Å². The van der Waals surface area contributed by atoms with Gasteiger partial charge < -0.3 is 9.47 Å². The molecular weight excluding hydrogens is 278 g/mol. The molecule has 114 valence electrons. The lowest BCUT2D eigenvalue weighted by Crippen LogP contribution is -2.47. The second kappa shape index (κ2) is 6.10. The molecule has 2 aromatic carbocycles. The summed E-state index contributed by atoms with van der Waals surface area (Å²) in [4.78, 5) is 14.4. The summed E-state index contributed by atoms with van der Waals surface area (Å²) in [6.45, 7) is 4.49. The van der Waals surface area contributed by atoms with Gasteiger partial charge in [-0.25, -0.2) is 0 Å². The Balaban J connectivity index is 1.78. The van der Waals surface area contributed by atoms with Gasteiger partial charge >= 0.3 is 0 Å². The number of hydrogen-bond acceptors (Lipinski definition) is 3. The van der Waals surface area contributed by atoms with Crippen LogP contribution in [-0.4, -0.2) is 25.2 Å². The number of nitrogens with zero attached hydrogens (tertiary/aromatic N) is 1. The van der Waals surface area contributed by atoms with Crippen LogP contribution in [0.5, 0.6) is 11.5 Å².